The number of aromatic hydroxyl groups is 1. The highest BCUT2D eigenvalue weighted by Crippen LogP contribution is 2.26. The van der Waals surface area contributed by atoms with Gasteiger partial charge in [0.1, 0.15) is 11.6 Å². The van der Waals surface area contributed by atoms with Crippen LogP contribution in [-0.2, 0) is 4.79 Å². The summed E-state index contributed by atoms with van der Waals surface area (Å²) in [6.45, 7) is 4.60. The first-order valence-electron chi connectivity index (χ1n) is 9.68. The van der Waals surface area contributed by atoms with Crippen molar-refractivity contribution in [1.29, 1.82) is 0 Å². The molecule has 2 amide bonds. The molecule has 2 saturated heterocycles. The number of carbonyl (C=O) groups is 2. The number of likely N-dealkylation sites (N-methyl/N-ethyl adjacent to an activating group) is 1. The number of carbonyl (C=O) groups excluding carboxylic acids is 2. The predicted octanol–water partition coefficient (Wildman–Crippen LogP) is 1.94. The fraction of sp³-hybridized carbons (Fsp3) is 0.600. The number of benzene rings is 1. The molecule has 7 heteroatoms. The molecule has 0 aliphatic carbocycles. The molecule has 0 aromatic heterocycles. The number of piperidine rings is 1. The number of halogens is 1. The molecule has 148 valence electrons. The summed E-state index contributed by atoms with van der Waals surface area (Å²) in [5.41, 5.74) is 0.130. The third-order valence-corrected chi connectivity index (χ3v) is 5.62. The molecule has 27 heavy (non-hydrogen) atoms. The van der Waals surface area contributed by atoms with E-state index in [1.165, 1.54) is 12.1 Å². The molecule has 0 saturated carbocycles. The van der Waals surface area contributed by atoms with Gasteiger partial charge in [-0.2, -0.15) is 0 Å². The lowest BCUT2D eigenvalue weighted by molar-refractivity contribution is -0.133. The van der Waals surface area contributed by atoms with Gasteiger partial charge in [0.05, 0.1) is 5.56 Å². The molecule has 0 unspecified atom stereocenters. The van der Waals surface area contributed by atoms with Crippen molar-refractivity contribution in [3.05, 3.63) is 29.6 Å². The highest BCUT2D eigenvalue weighted by molar-refractivity contribution is 5.96. The maximum Gasteiger partial charge on any atom is 0.257 e. The van der Waals surface area contributed by atoms with Gasteiger partial charge in [0.15, 0.2) is 0 Å². The summed E-state index contributed by atoms with van der Waals surface area (Å²) in [6.07, 6.45) is 3.15. The number of phenols is 1. The van der Waals surface area contributed by atoms with Crippen LogP contribution in [0.5, 0.6) is 5.75 Å². The maximum absolute atomic E-state index is 13.1. The standard InChI is InChI=1S/C20H28FN3O3/c1-22-9-11-23(12-10-22)19(26)7-4-15-3-2-8-24(14-15)20(27)17-6-5-16(21)13-18(17)25/h5-6,13,15,25H,2-4,7-12,14H2,1H3/t15-/m0/s1. The van der Waals surface area contributed by atoms with E-state index in [0.29, 0.717) is 19.5 Å². The Labute approximate surface area is 159 Å². The smallest absolute Gasteiger partial charge is 0.257 e. The van der Waals surface area contributed by atoms with Crippen LogP contribution in [0.1, 0.15) is 36.0 Å². The SMILES string of the molecule is CN1CCN(C(=O)CC[C@@H]2CCCN(C(=O)c3ccc(F)cc3O)C2)CC1. The van der Waals surface area contributed by atoms with Crippen molar-refractivity contribution in [2.24, 2.45) is 5.92 Å². The second kappa shape index (κ2) is 8.69. The van der Waals surface area contributed by atoms with Crippen molar-refractivity contribution in [3.8, 4) is 5.75 Å². The van der Waals surface area contributed by atoms with Crippen LogP contribution < -0.4 is 0 Å². The van der Waals surface area contributed by atoms with Gasteiger partial charge in [0.2, 0.25) is 5.91 Å². The average molecular weight is 377 g/mol. The molecule has 1 aromatic carbocycles. The number of hydrogen-bond donors (Lipinski definition) is 1. The molecule has 1 atom stereocenters. The Balaban J connectivity index is 1.51. The highest BCUT2D eigenvalue weighted by atomic mass is 19.1. The lowest BCUT2D eigenvalue weighted by Crippen LogP contribution is -2.47. The minimum absolute atomic E-state index is 0.130. The Kier molecular flexibility index (Phi) is 6.31. The van der Waals surface area contributed by atoms with Gasteiger partial charge in [-0.1, -0.05) is 0 Å². The molecule has 3 rings (SSSR count). The van der Waals surface area contributed by atoms with Crippen molar-refractivity contribution in [1.82, 2.24) is 14.7 Å². The second-order valence-electron chi connectivity index (χ2n) is 7.64. The molecule has 2 aliphatic heterocycles. The number of amides is 2. The van der Waals surface area contributed by atoms with Crippen LogP contribution >= 0.6 is 0 Å². The maximum atomic E-state index is 13.1. The lowest BCUT2D eigenvalue weighted by Gasteiger charge is -2.34. The van der Waals surface area contributed by atoms with E-state index in [-0.39, 0.29) is 29.0 Å². The van der Waals surface area contributed by atoms with Crippen LogP contribution in [0.15, 0.2) is 18.2 Å². The first-order valence-corrected chi connectivity index (χ1v) is 9.68. The van der Waals surface area contributed by atoms with Crippen molar-refractivity contribution >= 4 is 11.8 Å². The molecular weight excluding hydrogens is 349 g/mol. The van der Waals surface area contributed by atoms with Gasteiger partial charge < -0.3 is 19.8 Å². The van der Waals surface area contributed by atoms with Crippen LogP contribution in [0.4, 0.5) is 4.39 Å². The van der Waals surface area contributed by atoms with Crippen LogP contribution in [0.2, 0.25) is 0 Å². The largest absolute Gasteiger partial charge is 0.507 e. The molecule has 6 nitrogen and oxygen atoms in total. The summed E-state index contributed by atoms with van der Waals surface area (Å²) in [7, 11) is 2.06. The van der Waals surface area contributed by atoms with Gasteiger partial charge in [-0.3, -0.25) is 9.59 Å². The molecule has 2 aliphatic rings. The zero-order valence-electron chi connectivity index (χ0n) is 15.9. The van der Waals surface area contributed by atoms with E-state index in [2.05, 4.69) is 11.9 Å². The number of likely N-dealkylation sites (tertiary alicyclic amines) is 1. The monoisotopic (exact) mass is 377 g/mol. The van der Waals surface area contributed by atoms with Gasteiger partial charge >= 0.3 is 0 Å². The normalized spacial score (nSPS) is 21.3. The Morgan fingerprint density at radius 2 is 1.89 bits per heavy atom. The zero-order chi connectivity index (χ0) is 19.4. The van der Waals surface area contributed by atoms with E-state index < -0.39 is 5.82 Å². The minimum Gasteiger partial charge on any atom is -0.507 e. The van der Waals surface area contributed by atoms with Crippen LogP contribution in [0, 0.1) is 11.7 Å². The molecular formula is C20H28FN3O3. The fourth-order valence-electron chi connectivity index (χ4n) is 3.88. The molecule has 2 heterocycles. The topological polar surface area (TPSA) is 64.1 Å². The van der Waals surface area contributed by atoms with Crippen molar-refractivity contribution in [2.45, 2.75) is 25.7 Å². The summed E-state index contributed by atoms with van der Waals surface area (Å²) in [4.78, 5) is 30.9. The first kappa shape index (κ1) is 19.6. The van der Waals surface area contributed by atoms with E-state index in [1.807, 2.05) is 4.90 Å². The molecule has 0 spiro atoms. The summed E-state index contributed by atoms with van der Waals surface area (Å²) in [6, 6.07) is 3.47. The van der Waals surface area contributed by atoms with E-state index in [4.69, 9.17) is 0 Å². The highest BCUT2D eigenvalue weighted by Gasteiger charge is 2.27. The minimum atomic E-state index is -0.567. The first-order chi connectivity index (χ1) is 12.9. The van der Waals surface area contributed by atoms with Gasteiger partial charge in [-0.25, -0.2) is 4.39 Å². The quantitative estimate of drug-likeness (QED) is 0.871. The number of nitrogens with zero attached hydrogens (tertiary/aromatic N) is 3. The summed E-state index contributed by atoms with van der Waals surface area (Å²) >= 11 is 0. The van der Waals surface area contributed by atoms with E-state index >= 15 is 0 Å². The Bertz CT molecular complexity index is 689. The van der Waals surface area contributed by atoms with Crippen LogP contribution in [-0.4, -0.2) is 77.9 Å². The van der Waals surface area contributed by atoms with Gasteiger partial charge in [0.25, 0.3) is 5.91 Å². The van der Waals surface area contributed by atoms with Crippen molar-refractivity contribution in [2.75, 3.05) is 46.3 Å². The van der Waals surface area contributed by atoms with Gasteiger partial charge in [-0.15, -0.1) is 0 Å². The third-order valence-electron chi connectivity index (χ3n) is 5.62. The predicted molar refractivity (Wildman–Crippen MR) is 100 cm³/mol. The molecule has 0 radical (unpaired) electrons. The van der Waals surface area contributed by atoms with Crippen molar-refractivity contribution < 1.29 is 19.1 Å². The molecule has 0 bridgehead atoms. The van der Waals surface area contributed by atoms with Crippen LogP contribution in [0.3, 0.4) is 0 Å². The zero-order valence-corrected chi connectivity index (χ0v) is 15.9. The van der Waals surface area contributed by atoms with E-state index in [9.17, 15) is 19.1 Å². The summed E-state index contributed by atoms with van der Waals surface area (Å²) < 4.78 is 13.1. The van der Waals surface area contributed by atoms with E-state index in [1.54, 1.807) is 4.90 Å². The number of piperazine rings is 1. The van der Waals surface area contributed by atoms with Crippen molar-refractivity contribution in [3.63, 3.8) is 0 Å². The van der Waals surface area contributed by atoms with Gasteiger partial charge in [-0.05, 0) is 44.4 Å². The Morgan fingerprint density at radius 3 is 2.59 bits per heavy atom. The van der Waals surface area contributed by atoms with Crippen LogP contribution in [0.25, 0.3) is 0 Å². The average Bonchev–Trinajstić information content (AvgIpc) is 2.66. The van der Waals surface area contributed by atoms with E-state index in [0.717, 1.165) is 51.5 Å². The number of phenolic OH excluding ortho intramolecular Hbond substituents is 1. The summed E-state index contributed by atoms with van der Waals surface area (Å²) in [5, 5.41) is 9.86. The molecule has 2 fully saturated rings. The number of rotatable bonds is 4. The number of hydrogen-bond acceptors (Lipinski definition) is 4. The Hall–Kier alpha value is -2.15. The lowest BCUT2D eigenvalue weighted by atomic mass is 9.92. The fourth-order valence-corrected chi connectivity index (χ4v) is 3.88. The summed E-state index contributed by atoms with van der Waals surface area (Å²) in [5.74, 6) is -0.692. The molecule has 1 aromatic rings. The Morgan fingerprint density at radius 1 is 1.15 bits per heavy atom. The van der Waals surface area contributed by atoms with Gasteiger partial charge in [0, 0.05) is 51.8 Å². The second-order valence-corrected chi connectivity index (χ2v) is 7.64. The third kappa shape index (κ3) is 4.97. The molecule has 1 N–H and O–H groups in total.